The number of hydrogen-bond acceptors (Lipinski definition) is 16. The molecule has 0 saturated carbocycles. The number of thiazole rings is 1. The predicted molar refractivity (Wildman–Crippen MR) is 314 cm³/mol. The number of hydrogen-bond donors (Lipinski definition) is 2. The van der Waals surface area contributed by atoms with Crippen LogP contribution in [0.15, 0.2) is 95.2 Å². The average Bonchev–Trinajstić information content (AvgIpc) is 1.88. The number of fused-ring (bicyclic) bond motifs is 2. The predicted octanol–water partition coefficient (Wildman–Crippen LogP) is 10.2. The quantitative estimate of drug-likeness (QED) is 0.0814. The van der Waals surface area contributed by atoms with Crippen LogP contribution in [0.2, 0.25) is 5.02 Å². The largest absolute Gasteiger partial charge is 0.508 e. The minimum Gasteiger partial charge on any atom is -0.508 e. The van der Waals surface area contributed by atoms with Crippen molar-refractivity contribution < 1.29 is 42.6 Å². The van der Waals surface area contributed by atoms with E-state index in [9.17, 15) is 34.2 Å². The van der Waals surface area contributed by atoms with E-state index in [1.165, 1.54) is 11.0 Å². The number of phenols is 1. The van der Waals surface area contributed by atoms with Crippen molar-refractivity contribution >= 4 is 73.8 Å². The molecular formula is C62H65ClF2N10O7S. The molecule has 3 aromatic heterocycles. The van der Waals surface area contributed by atoms with E-state index in [4.69, 9.17) is 25.8 Å². The minimum absolute atomic E-state index is 0.0289. The molecule has 4 aliphatic rings. The van der Waals surface area contributed by atoms with Crippen molar-refractivity contribution in [2.75, 3.05) is 75.3 Å². The molecule has 21 heteroatoms. The zero-order valence-corrected chi connectivity index (χ0v) is 48.3. The molecule has 4 fully saturated rings. The first-order valence-electron chi connectivity index (χ1n) is 28.2. The molecule has 5 atom stereocenters. The summed E-state index contributed by atoms with van der Waals surface area (Å²) < 4.78 is 43.7. The number of aryl methyl sites for hydroxylation is 1. The van der Waals surface area contributed by atoms with Crippen LogP contribution in [-0.4, -0.2) is 146 Å². The molecule has 4 aliphatic heterocycles. The summed E-state index contributed by atoms with van der Waals surface area (Å²) >= 11 is 8.55. The molecular weight excluding hydrogens is 1100 g/mol. The number of benzene rings is 4. The third-order valence-corrected chi connectivity index (χ3v) is 18.5. The molecule has 1 spiro atoms. The second-order valence-corrected chi connectivity index (χ2v) is 24.3. The number of piperidine rings is 1. The topological polar surface area (TPSA) is 206 Å². The third kappa shape index (κ3) is 11.5. The second-order valence-electron chi connectivity index (χ2n) is 23.1. The summed E-state index contributed by atoms with van der Waals surface area (Å²) in [5, 5.41) is 37.4. The van der Waals surface area contributed by atoms with Crippen molar-refractivity contribution in [2.45, 2.75) is 89.8 Å². The number of rotatable bonds is 17. The Bertz CT molecular complexity index is 3670. The highest BCUT2D eigenvalue weighted by Crippen LogP contribution is 2.45. The Hall–Kier alpha value is -7.57. The summed E-state index contributed by atoms with van der Waals surface area (Å²) in [5.41, 5.74) is 5.26. The third-order valence-electron chi connectivity index (χ3n) is 17.2. The van der Waals surface area contributed by atoms with Crippen LogP contribution in [0.5, 0.6) is 11.8 Å². The summed E-state index contributed by atoms with van der Waals surface area (Å²) in [6.45, 7) is 15.2. The van der Waals surface area contributed by atoms with Gasteiger partial charge in [-0.3, -0.25) is 19.3 Å². The van der Waals surface area contributed by atoms with Crippen LogP contribution in [0.1, 0.15) is 81.7 Å². The van der Waals surface area contributed by atoms with Crippen molar-refractivity contribution in [1.82, 2.24) is 34.8 Å². The number of carbonyl (C=O) groups is 3. The van der Waals surface area contributed by atoms with Crippen molar-refractivity contribution in [2.24, 2.45) is 11.3 Å². The molecule has 2 amide bonds. The Morgan fingerprint density at radius 2 is 1.73 bits per heavy atom. The molecule has 11 rings (SSSR count). The lowest BCUT2D eigenvalue weighted by atomic mass is 9.72. The number of aliphatic hydroxyl groups is 1. The van der Waals surface area contributed by atoms with Gasteiger partial charge in [0.25, 0.3) is 5.91 Å². The average molecular weight is 1170 g/mol. The van der Waals surface area contributed by atoms with Crippen molar-refractivity contribution in [3.63, 3.8) is 0 Å². The van der Waals surface area contributed by atoms with Gasteiger partial charge in [0.15, 0.2) is 29.0 Å². The van der Waals surface area contributed by atoms with Crippen molar-refractivity contribution in [3.05, 3.63) is 119 Å². The van der Waals surface area contributed by atoms with Crippen molar-refractivity contribution in [3.8, 4) is 39.4 Å². The van der Waals surface area contributed by atoms with Gasteiger partial charge in [-0.1, -0.05) is 92.6 Å². The van der Waals surface area contributed by atoms with Crippen LogP contribution in [0, 0.1) is 35.4 Å². The number of nitriles is 1. The van der Waals surface area contributed by atoms with E-state index in [0.717, 1.165) is 60.7 Å². The number of likely N-dealkylation sites (tertiary alicyclic amines) is 2. The van der Waals surface area contributed by atoms with Gasteiger partial charge in [0, 0.05) is 81.1 Å². The lowest BCUT2D eigenvalue weighted by Gasteiger charge is -2.54. The number of phenolic OH excluding ortho intramolecular Hbond substituents is 1. The zero-order chi connectivity index (χ0) is 58.4. The number of carbonyl (C=O) groups excluding carboxylic acids is 3. The first-order valence-corrected chi connectivity index (χ1v) is 29.4. The van der Waals surface area contributed by atoms with E-state index in [1.54, 1.807) is 33.3 Å². The summed E-state index contributed by atoms with van der Waals surface area (Å²) in [6.07, 6.45) is 1.31. The molecule has 4 aromatic carbocycles. The van der Waals surface area contributed by atoms with E-state index in [-0.39, 0.29) is 120 Å². The molecule has 0 bridgehead atoms. The molecule has 17 nitrogen and oxygen atoms in total. The molecule has 7 heterocycles. The molecule has 2 N–H and O–H groups in total. The molecule has 0 unspecified atom stereocenters. The van der Waals surface area contributed by atoms with Crippen molar-refractivity contribution in [1.29, 1.82) is 5.26 Å². The SMILES string of the molecule is C=C(F)C(=O)N1CCN(c2nc(OCCN3CCC4(CC3)CN(c3cc([C@@H](C(=O)N5C[C@H](O)C[C@H]5C(=O)C[C@@H](C)c5ccc(-c6scnc6C)cc5)C(C)C)on3)C4)nc3c(F)c(-c4cc(O)cc5ccccc45)c(Cl)cc23)C[C@@H]1CC#N. The fourth-order valence-electron chi connectivity index (χ4n) is 12.7. The minimum atomic E-state index is -1.13. The Morgan fingerprint density at radius 1 is 0.976 bits per heavy atom. The van der Waals surface area contributed by atoms with Crippen LogP contribution in [0.4, 0.5) is 20.4 Å². The Balaban J connectivity index is 0.731. The number of Topliss-reactive ketones (excluding diaryl/α,β-unsaturated/α-hetero) is 1. The van der Waals surface area contributed by atoms with E-state index in [1.807, 2.05) is 75.7 Å². The standard InChI is InChI=1S/C62H65ClF2N10O7S/c1-35(2)53(60(80)75-31-44(77)27-49(75)50(78)24-36(3)39-10-12-40(13-11-39)57-38(5)67-34-83-57)51-29-52(70-82-51)73-32-62(33-73)15-18-71(19-16-62)22-23-81-61-68-56-47(58(69-61)72-20-21-74(59(79)37(4)64)42(30-72)14-17-66)28-48(63)54(55(56)65)46-26-43(76)25-41-8-6-7-9-45(41)46/h6-13,25-26,28-29,34-36,42,44,49,53,76-77H,4,14-16,18-24,27,30-33H2,1-3,5H3/t36-,42+,44-,49+,53+/m1/s1. The van der Waals surface area contributed by atoms with E-state index < -0.39 is 41.7 Å². The number of anilines is 2. The van der Waals surface area contributed by atoms with Gasteiger partial charge in [0.1, 0.15) is 29.6 Å². The number of piperazine rings is 1. The van der Waals surface area contributed by atoms with Gasteiger partial charge in [-0.2, -0.15) is 15.2 Å². The highest BCUT2D eigenvalue weighted by molar-refractivity contribution is 7.13. The Morgan fingerprint density at radius 3 is 2.45 bits per heavy atom. The highest BCUT2D eigenvalue weighted by atomic mass is 35.5. The molecule has 83 heavy (non-hydrogen) atoms. The number of nitrogens with zero attached hydrogens (tertiary/aromatic N) is 10. The molecule has 0 aliphatic carbocycles. The number of halogens is 3. The second kappa shape index (κ2) is 23.6. The number of β-amino-alcohol motifs (C(OH)–C–C–N with tert-alkyl or cyclic N) is 1. The van der Waals surface area contributed by atoms with Gasteiger partial charge in [0.05, 0.1) is 51.8 Å². The van der Waals surface area contributed by atoms with Crippen LogP contribution in [0.3, 0.4) is 0 Å². The molecule has 7 aromatic rings. The van der Waals surface area contributed by atoms with E-state index in [2.05, 4.69) is 49.7 Å². The number of aromatic hydroxyl groups is 1. The summed E-state index contributed by atoms with van der Waals surface area (Å²) in [6, 6.07) is 22.4. The maximum Gasteiger partial charge on any atom is 0.319 e. The maximum absolute atomic E-state index is 17.3. The van der Waals surface area contributed by atoms with E-state index in [0.29, 0.717) is 34.5 Å². The number of ketones is 1. The fraction of sp³-hybridized carbons (Fsp3) is 0.419. The fourth-order valence-corrected chi connectivity index (χ4v) is 13.8. The molecule has 4 saturated heterocycles. The first-order chi connectivity index (χ1) is 39.9. The van der Waals surface area contributed by atoms with E-state index >= 15 is 4.39 Å². The van der Waals surface area contributed by atoms with Gasteiger partial charge in [-0.05, 0) is 90.4 Å². The summed E-state index contributed by atoms with van der Waals surface area (Å²) in [7, 11) is 0. The van der Waals surface area contributed by atoms with Gasteiger partial charge in [-0.25, -0.2) is 13.8 Å². The van der Waals surface area contributed by atoms with Crippen LogP contribution in [-0.2, 0) is 14.4 Å². The Kier molecular flexibility index (Phi) is 16.3. The van der Waals surface area contributed by atoms with Gasteiger partial charge < -0.3 is 39.1 Å². The summed E-state index contributed by atoms with van der Waals surface area (Å²) in [5.74, 6) is -2.85. The zero-order valence-electron chi connectivity index (χ0n) is 46.7. The molecule has 432 valence electrons. The lowest BCUT2D eigenvalue weighted by molar-refractivity contribution is -0.140. The number of amides is 2. The van der Waals surface area contributed by atoms with Gasteiger partial charge >= 0.3 is 6.01 Å². The van der Waals surface area contributed by atoms with Gasteiger partial charge in [0.2, 0.25) is 5.91 Å². The Labute approximate surface area is 488 Å². The lowest BCUT2D eigenvalue weighted by Crippen LogP contribution is -2.60. The van der Waals surface area contributed by atoms with Crippen LogP contribution >= 0.6 is 22.9 Å². The van der Waals surface area contributed by atoms with Gasteiger partial charge in [-0.15, -0.1) is 11.3 Å². The van der Waals surface area contributed by atoms with Crippen LogP contribution < -0.4 is 14.5 Å². The highest BCUT2D eigenvalue weighted by Gasteiger charge is 2.47. The normalized spacial score (nSPS) is 19.8. The first kappa shape index (κ1) is 57.3. The number of aliphatic hydroxyl groups excluding tert-OH is 1. The number of ether oxygens (including phenoxy) is 1. The maximum atomic E-state index is 17.3. The number of aromatic nitrogens is 4. The van der Waals surface area contributed by atoms with Crippen LogP contribution in [0.25, 0.3) is 43.2 Å². The summed E-state index contributed by atoms with van der Waals surface area (Å²) in [4.78, 5) is 65.3. The molecule has 0 radical (unpaired) electrons. The monoisotopic (exact) mass is 1170 g/mol. The smallest absolute Gasteiger partial charge is 0.319 e.